The van der Waals surface area contributed by atoms with Gasteiger partial charge in [0.1, 0.15) is 12.1 Å². The molecule has 1 aliphatic heterocycles. The lowest BCUT2D eigenvalue weighted by molar-refractivity contribution is -0.125. The first-order chi connectivity index (χ1) is 6.11. The molecule has 1 saturated heterocycles. The fourth-order valence-electron chi connectivity index (χ4n) is 1.41. The second kappa shape index (κ2) is 4.01. The van der Waals surface area contributed by atoms with Gasteiger partial charge in [-0.1, -0.05) is 0 Å². The molecule has 0 aliphatic carbocycles. The minimum atomic E-state index is -1.17. The van der Waals surface area contributed by atoms with Gasteiger partial charge >= 0.3 is 0 Å². The van der Waals surface area contributed by atoms with Crippen LogP contribution in [-0.2, 0) is 4.79 Å². The molecule has 6 heteroatoms. The molecule has 1 amide bonds. The van der Waals surface area contributed by atoms with Crippen molar-refractivity contribution in [3.05, 3.63) is 0 Å². The molecule has 0 saturated carbocycles. The molecule has 4 atom stereocenters. The van der Waals surface area contributed by atoms with Crippen LogP contribution in [0.2, 0.25) is 0 Å². The number of likely N-dealkylation sites (N-methyl/N-ethyl adjacent to an activating group) is 1. The van der Waals surface area contributed by atoms with E-state index in [4.69, 9.17) is 5.11 Å². The number of hydrogen-bond acceptors (Lipinski definition) is 5. The van der Waals surface area contributed by atoms with Crippen LogP contribution in [0.5, 0.6) is 0 Å². The zero-order valence-corrected chi connectivity index (χ0v) is 7.27. The topological polar surface area (TPSA) is 102 Å². The van der Waals surface area contributed by atoms with Crippen LogP contribution in [0.4, 0.5) is 0 Å². The molecule has 5 N–H and O–H groups in total. The number of aliphatic hydroxyl groups is 3. The van der Waals surface area contributed by atoms with Crippen molar-refractivity contribution in [3.8, 4) is 0 Å². The van der Waals surface area contributed by atoms with Crippen LogP contribution >= 0.6 is 0 Å². The summed E-state index contributed by atoms with van der Waals surface area (Å²) in [5.41, 5.74) is 0. The maximum atomic E-state index is 11.1. The van der Waals surface area contributed by atoms with Crippen molar-refractivity contribution in [2.75, 3.05) is 13.7 Å². The highest BCUT2D eigenvalue weighted by atomic mass is 16.3. The highest BCUT2D eigenvalue weighted by Crippen LogP contribution is 2.14. The Bertz CT molecular complexity index is 199. The van der Waals surface area contributed by atoms with E-state index in [0.717, 1.165) is 0 Å². The van der Waals surface area contributed by atoms with E-state index in [1.807, 2.05) is 0 Å². The Kier molecular flexibility index (Phi) is 3.21. The normalized spacial score (nSPS) is 39.1. The lowest BCUT2D eigenvalue weighted by atomic mass is 10.1. The Morgan fingerprint density at radius 1 is 1.46 bits per heavy atom. The predicted molar refractivity (Wildman–Crippen MR) is 43.9 cm³/mol. The van der Waals surface area contributed by atoms with Gasteiger partial charge < -0.3 is 20.6 Å². The minimum absolute atomic E-state index is 0.314. The van der Waals surface area contributed by atoms with Crippen LogP contribution in [-0.4, -0.2) is 59.2 Å². The number of nitrogens with one attached hydrogen (secondary N) is 2. The zero-order valence-electron chi connectivity index (χ0n) is 7.27. The van der Waals surface area contributed by atoms with Crippen molar-refractivity contribution >= 4 is 5.91 Å². The molecule has 0 aromatic carbocycles. The van der Waals surface area contributed by atoms with Crippen molar-refractivity contribution in [3.63, 3.8) is 0 Å². The number of carbonyl (C=O) groups excluding carboxylic acids is 1. The van der Waals surface area contributed by atoms with Crippen LogP contribution < -0.4 is 10.6 Å². The van der Waals surface area contributed by atoms with Crippen LogP contribution in [0.3, 0.4) is 0 Å². The number of rotatable bonds is 2. The molecule has 0 bridgehead atoms. The Balaban J connectivity index is 2.65. The summed E-state index contributed by atoms with van der Waals surface area (Å²) in [5, 5.41) is 32.4. The molecule has 0 radical (unpaired) electrons. The molecule has 0 spiro atoms. The van der Waals surface area contributed by atoms with E-state index >= 15 is 0 Å². The molecular weight excluding hydrogens is 176 g/mol. The van der Waals surface area contributed by atoms with E-state index in [1.165, 1.54) is 7.05 Å². The number of carbonyl (C=O) groups is 1. The van der Waals surface area contributed by atoms with Crippen molar-refractivity contribution in [2.45, 2.75) is 24.3 Å². The SMILES string of the molecule is CNC(=O)[C@@H]1N[C@H](CO)[C@H](O)[C@@H]1O. The molecule has 0 aromatic rings. The Hall–Kier alpha value is -0.690. The third kappa shape index (κ3) is 1.80. The smallest absolute Gasteiger partial charge is 0.239 e. The highest BCUT2D eigenvalue weighted by molar-refractivity contribution is 5.82. The van der Waals surface area contributed by atoms with Gasteiger partial charge in [-0.2, -0.15) is 0 Å². The Morgan fingerprint density at radius 3 is 2.46 bits per heavy atom. The zero-order chi connectivity index (χ0) is 10.0. The average molecular weight is 190 g/mol. The monoisotopic (exact) mass is 190 g/mol. The first-order valence-corrected chi connectivity index (χ1v) is 4.06. The first-order valence-electron chi connectivity index (χ1n) is 4.06. The molecule has 1 heterocycles. The van der Waals surface area contributed by atoms with E-state index in [2.05, 4.69) is 10.6 Å². The molecule has 13 heavy (non-hydrogen) atoms. The van der Waals surface area contributed by atoms with E-state index in [1.54, 1.807) is 0 Å². The molecule has 1 rings (SSSR count). The summed E-state index contributed by atoms with van der Waals surface area (Å²) in [6, 6.07) is -1.49. The molecule has 76 valence electrons. The molecule has 0 aromatic heterocycles. The predicted octanol–water partition coefficient (Wildman–Crippen LogP) is -3.21. The maximum absolute atomic E-state index is 11.1. The summed E-state index contributed by atoms with van der Waals surface area (Å²) < 4.78 is 0. The molecule has 1 aliphatic rings. The summed E-state index contributed by atoms with van der Waals surface area (Å²) in [6.07, 6.45) is -2.27. The fraction of sp³-hybridized carbons (Fsp3) is 0.857. The van der Waals surface area contributed by atoms with Gasteiger partial charge in [0.15, 0.2) is 0 Å². The van der Waals surface area contributed by atoms with Gasteiger partial charge in [0.05, 0.1) is 18.8 Å². The molecule has 1 fully saturated rings. The van der Waals surface area contributed by atoms with Gasteiger partial charge in [-0.05, 0) is 0 Å². The fourth-order valence-corrected chi connectivity index (χ4v) is 1.41. The summed E-state index contributed by atoms with van der Waals surface area (Å²) in [7, 11) is 1.44. The minimum Gasteiger partial charge on any atom is -0.395 e. The van der Waals surface area contributed by atoms with Crippen LogP contribution in [0.25, 0.3) is 0 Å². The largest absolute Gasteiger partial charge is 0.395 e. The average Bonchev–Trinajstić information content (AvgIpc) is 2.43. The maximum Gasteiger partial charge on any atom is 0.239 e. The highest BCUT2D eigenvalue weighted by Gasteiger charge is 2.43. The summed E-state index contributed by atoms with van der Waals surface area (Å²) in [6.45, 7) is -0.314. The van der Waals surface area contributed by atoms with Gasteiger partial charge in [0.25, 0.3) is 0 Å². The van der Waals surface area contributed by atoms with Crippen LogP contribution in [0.15, 0.2) is 0 Å². The van der Waals surface area contributed by atoms with Crippen molar-refractivity contribution in [1.82, 2.24) is 10.6 Å². The Labute approximate surface area is 75.6 Å². The molecular formula is C7H14N2O4. The molecule has 6 nitrogen and oxygen atoms in total. The lowest BCUT2D eigenvalue weighted by Crippen LogP contribution is -2.46. The van der Waals surface area contributed by atoms with Crippen molar-refractivity contribution < 1.29 is 20.1 Å². The quantitative estimate of drug-likeness (QED) is 0.315. The Morgan fingerprint density at radius 2 is 2.08 bits per heavy atom. The van der Waals surface area contributed by atoms with Gasteiger partial charge in [0, 0.05) is 7.05 Å². The van der Waals surface area contributed by atoms with Crippen molar-refractivity contribution in [2.24, 2.45) is 0 Å². The third-order valence-corrected chi connectivity index (χ3v) is 2.22. The van der Waals surface area contributed by atoms with Crippen molar-refractivity contribution in [1.29, 1.82) is 0 Å². The third-order valence-electron chi connectivity index (χ3n) is 2.22. The number of hydrogen-bond donors (Lipinski definition) is 5. The second-order valence-electron chi connectivity index (χ2n) is 3.03. The van der Waals surface area contributed by atoms with Gasteiger partial charge in [-0.15, -0.1) is 0 Å². The molecule has 0 unspecified atom stereocenters. The summed E-state index contributed by atoms with van der Waals surface area (Å²) in [4.78, 5) is 11.1. The van der Waals surface area contributed by atoms with Gasteiger partial charge in [-0.3, -0.25) is 10.1 Å². The van der Waals surface area contributed by atoms with Gasteiger partial charge in [0.2, 0.25) is 5.91 Å². The van der Waals surface area contributed by atoms with E-state index in [0.29, 0.717) is 0 Å². The number of amides is 1. The van der Waals surface area contributed by atoms with Gasteiger partial charge in [-0.25, -0.2) is 0 Å². The first kappa shape index (κ1) is 10.4. The lowest BCUT2D eigenvalue weighted by Gasteiger charge is -2.13. The van der Waals surface area contributed by atoms with E-state index in [9.17, 15) is 15.0 Å². The summed E-state index contributed by atoms with van der Waals surface area (Å²) >= 11 is 0. The second-order valence-corrected chi connectivity index (χ2v) is 3.03. The standard InChI is InChI=1S/C7H14N2O4/c1-8-7(13)4-6(12)5(11)3(2-10)9-4/h3-6,9-12H,2H2,1H3,(H,8,13)/t3-,4-,5+,6-/m1/s1. The number of aliphatic hydroxyl groups excluding tert-OH is 3. The van der Waals surface area contributed by atoms with Crippen LogP contribution in [0, 0.1) is 0 Å². The van der Waals surface area contributed by atoms with E-state index < -0.39 is 30.2 Å². The van der Waals surface area contributed by atoms with Crippen LogP contribution in [0.1, 0.15) is 0 Å². The van der Waals surface area contributed by atoms with E-state index in [-0.39, 0.29) is 6.61 Å². The summed E-state index contributed by atoms with van der Waals surface area (Å²) in [5.74, 6) is -0.400.